The fourth-order valence-corrected chi connectivity index (χ4v) is 3.21. The van der Waals surface area contributed by atoms with Crippen molar-refractivity contribution in [2.45, 2.75) is 11.8 Å². The van der Waals surface area contributed by atoms with E-state index in [1.807, 2.05) is 0 Å². The SMILES string of the molecule is CCN(C)S(=O)(=O)c1ccc(C(=O)Nc2cccc(OC)c2)cc1. The van der Waals surface area contributed by atoms with Gasteiger partial charge < -0.3 is 10.1 Å². The molecule has 128 valence electrons. The first-order chi connectivity index (χ1) is 11.4. The van der Waals surface area contributed by atoms with Crippen LogP contribution in [-0.4, -0.2) is 39.3 Å². The third-order valence-corrected chi connectivity index (χ3v) is 5.54. The van der Waals surface area contributed by atoms with Gasteiger partial charge in [-0.1, -0.05) is 13.0 Å². The summed E-state index contributed by atoms with van der Waals surface area (Å²) in [5.74, 6) is 0.313. The molecule has 0 fully saturated rings. The molecule has 1 N–H and O–H groups in total. The van der Waals surface area contributed by atoms with E-state index in [4.69, 9.17) is 4.74 Å². The van der Waals surface area contributed by atoms with Crippen molar-refractivity contribution >= 4 is 21.6 Å². The summed E-state index contributed by atoms with van der Waals surface area (Å²) in [6.07, 6.45) is 0. The Morgan fingerprint density at radius 1 is 1.17 bits per heavy atom. The number of nitrogens with one attached hydrogen (secondary N) is 1. The summed E-state index contributed by atoms with van der Waals surface area (Å²) in [5.41, 5.74) is 0.970. The molecule has 0 atom stereocenters. The highest BCUT2D eigenvalue weighted by molar-refractivity contribution is 7.89. The summed E-state index contributed by atoms with van der Waals surface area (Å²) < 4.78 is 30.8. The van der Waals surface area contributed by atoms with Gasteiger partial charge in [0.25, 0.3) is 5.91 Å². The van der Waals surface area contributed by atoms with E-state index in [0.29, 0.717) is 23.5 Å². The van der Waals surface area contributed by atoms with Gasteiger partial charge in [-0.25, -0.2) is 12.7 Å². The van der Waals surface area contributed by atoms with Crippen molar-refractivity contribution in [1.82, 2.24) is 4.31 Å². The first-order valence-electron chi connectivity index (χ1n) is 7.40. The lowest BCUT2D eigenvalue weighted by Crippen LogP contribution is -2.26. The van der Waals surface area contributed by atoms with Crippen LogP contribution in [-0.2, 0) is 10.0 Å². The van der Waals surface area contributed by atoms with Crippen molar-refractivity contribution in [3.05, 3.63) is 54.1 Å². The Kier molecular flexibility index (Phi) is 5.58. The van der Waals surface area contributed by atoms with E-state index < -0.39 is 10.0 Å². The predicted molar refractivity (Wildman–Crippen MR) is 92.9 cm³/mol. The van der Waals surface area contributed by atoms with Gasteiger partial charge in [0, 0.05) is 30.9 Å². The molecule has 0 aliphatic heterocycles. The number of hydrogen-bond acceptors (Lipinski definition) is 4. The molecule has 0 bridgehead atoms. The second-order valence-electron chi connectivity index (χ2n) is 5.13. The van der Waals surface area contributed by atoms with Gasteiger partial charge in [-0.2, -0.15) is 0 Å². The van der Waals surface area contributed by atoms with Crippen LogP contribution in [0.25, 0.3) is 0 Å². The lowest BCUT2D eigenvalue weighted by Gasteiger charge is -2.15. The topological polar surface area (TPSA) is 75.7 Å². The number of methoxy groups -OCH3 is 1. The highest BCUT2D eigenvalue weighted by Crippen LogP contribution is 2.19. The molecule has 2 rings (SSSR count). The number of sulfonamides is 1. The zero-order valence-electron chi connectivity index (χ0n) is 13.8. The Labute approximate surface area is 142 Å². The van der Waals surface area contributed by atoms with E-state index >= 15 is 0 Å². The molecule has 0 saturated carbocycles. The number of amides is 1. The van der Waals surface area contributed by atoms with Gasteiger partial charge >= 0.3 is 0 Å². The number of ether oxygens (including phenoxy) is 1. The first-order valence-corrected chi connectivity index (χ1v) is 8.84. The van der Waals surface area contributed by atoms with Gasteiger partial charge in [0.05, 0.1) is 12.0 Å². The molecule has 7 heteroatoms. The minimum Gasteiger partial charge on any atom is -0.497 e. The predicted octanol–water partition coefficient (Wildman–Crippen LogP) is 2.59. The maximum Gasteiger partial charge on any atom is 0.255 e. The van der Waals surface area contributed by atoms with Crippen LogP contribution in [0.2, 0.25) is 0 Å². The summed E-state index contributed by atoms with van der Waals surface area (Å²) in [7, 11) is -0.453. The highest BCUT2D eigenvalue weighted by atomic mass is 32.2. The molecular weight excluding hydrogens is 328 g/mol. The molecule has 0 saturated heterocycles. The third-order valence-electron chi connectivity index (χ3n) is 3.60. The number of carbonyl (C=O) groups excluding carboxylic acids is 1. The van der Waals surface area contributed by atoms with Crippen LogP contribution >= 0.6 is 0 Å². The number of carbonyl (C=O) groups is 1. The Morgan fingerprint density at radius 2 is 1.83 bits per heavy atom. The molecule has 2 aromatic rings. The monoisotopic (exact) mass is 348 g/mol. The van der Waals surface area contributed by atoms with Crippen LogP contribution in [0.15, 0.2) is 53.4 Å². The van der Waals surface area contributed by atoms with E-state index in [2.05, 4.69) is 5.32 Å². The molecule has 2 aromatic carbocycles. The Balaban J connectivity index is 2.17. The minimum atomic E-state index is -3.51. The average molecular weight is 348 g/mol. The highest BCUT2D eigenvalue weighted by Gasteiger charge is 2.19. The molecule has 1 amide bonds. The largest absolute Gasteiger partial charge is 0.497 e. The number of rotatable bonds is 6. The molecule has 0 aliphatic carbocycles. The fourth-order valence-electron chi connectivity index (χ4n) is 2.03. The number of anilines is 1. The van der Waals surface area contributed by atoms with E-state index in [0.717, 1.165) is 0 Å². The van der Waals surface area contributed by atoms with Gasteiger partial charge in [0.2, 0.25) is 10.0 Å². The number of hydrogen-bond donors (Lipinski definition) is 1. The van der Waals surface area contributed by atoms with E-state index in [1.54, 1.807) is 38.3 Å². The van der Waals surface area contributed by atoms with Crippen LogP contribution in [0.5, 0.6) is 5.75 Å². The fraction of sp³-hybridized carbons (Fsp3) is 0.235. The smallest absolute Gasteiger partial charge is 0.255 e. The summed E-state index contributed by atoms with van der Waals surface area (Å²) in [5, 5.41) is 2.75. The molecule has 0 spiro atoms. The second-order valence-corrected chi connectivity index (χ2v) is 7.17. The molecular formula is C17H20N2O4S. The summed E-state index contributed by atoms with van der Waals surface area (Å²) in [6, 6.07) is 12.8. The normalized spacial score (nSPS) is 11.3. The van der Waals surface area contributed by atoms with Gasteiger partial charge in [-0.05, 0) is 36.4 Å². The Morgan fingerprint density at radius 3 is 2.42 bits per heavy atom. The summed E-state index contributed by atoms with van der Waals surface area (Å²) in [6.45, 7) is 2.13. The van der Waals surface area contributed by atoms with Crippen molar-refractivity contribution < 1.29 is 17.9 Å². The zero-order chi connectivity index (χ0) is 17.7. The van der Waals surface area contributed by atoms with E-state index in [-0.39, 0.29) is 10.8 Å². The van der Waals surface area contributed by atoms with Crippen LogP contribution < -0.4 is 10.1 Å². The minimum absolute atomic E-state index is 0.157. The molecule has 6 nitrogen and oxygen atoms in total. The summed E-state index contributed by atoms with van der Waals surface area (Å²) in [4.78, 5) is 12.4. The van der Waals surface area contributed by atoms with E-state index in [9.17, 15) is 13.2 Å². The third kappa shape index (κ3) is 3.93. The molecule has 0 aromatic heterocycles. The Hall–Kier alpha value is -2.38. The van der Waals surface area contributed by atoms with Crippen LogP contribution in [0.4, 0.5) is 5.69 Å². The van der Waals surface area contributed by atoms with Gasteiger partial charge in [-0.3, -0.25) is 4.79 Å². The first kappa shape index (κ1) is 18.0. The molecule has 0 radical (unpaired) electrons. The summed E-state index contributed by atoms with van der Waals surface area (Å²) >= 11 is 0. The standard InChI is InChI=1S/C17H20N2O4S/c1-4-19(2)24(21,22)16-10-8-13(9-11-16)17(20)18-14-6-5-7-15(12-14)23-3/h5-12H,4H2,1-3H3,(H,18,20). The molecule has 0 unspecified atom stereocenters. The maximum atomic E-state index is 12.3. The lowest BCUT2D eigenvalue weighted by molar-refractivity contribution is 0.102. The quantitative estimate of drug-likeness (QED) is 0.870. The number of benzene rings is 2. The molecule has 24 heavy (non-hydrogen) atoms. The average Bonchev–Trinajstić information content (AvgIpc) is 2.61. The van der Waals surface area contributed by atoms with Gasteiger partial charge in [0.15, 0.2) is 0 Å². The maximum absolute atomic E-state index is 12.3. The van der Waals surface area contributed by atoms with Gasteiger partial charge in [-0.15, -0.1) is 0 Å². The van der Waals surface area contributed by atoms with E-state index in [1.165, 1.54) is 35.6 Å². The second kappa shape index (κ2) is 7.46. The van der Waals surface area contributed by atoms with Crippen molar-refractivity contribution in [2.24, 2.45) is 0 Å². The van der Waals surface area contributed by atoms with Crippen LogP contribution in [0.3, 0.4) is 0 Å². The van der Waals surface area contributed by atoms with Crippen LogP contribution in [0, 0.1) is 0 Å². The number of nitrogens with zero attached hydrogens (tertiary/aromatic N) is 1. The van der Waals surface area contributed by atoms with Crippen molar-refractivity contribution in [3.8, 4) is 5.75 Å². The Bertz CT molecular complexity index is 817. The van der Waals surface area contributed by atoms with Crippen molar-refractivity contribution in [3.63, 3.8) is 0 Å². The molecule has 0 aliphatic rings. The van der Waals surface area contributed by atoms with Crippen LogP contribution in [0.1, 0.15) is 17.3 Å². The van der Waals surface area contributed by atoms with Crippen molar-refractivity contribution in [1.29, 1.82) is 0 Å². The zero-order valence-corrected chi connectivity index (χ0v) is 14.6. The van der Waals surface area contributed by atoms with Crippen molar-refractivity contribution in [2.75, 3.05) is 26.0 Å². The molecule has 0 heterocycles. The lowest BCUT2D eigenvalue weighted by atomic mass is 10.2. The van der Waals surface area contributed by atoms with Gasteiger partial charge in [0.1, 0.15) is 5.75 Å².